The summed E-state index contributed by atoms with van der Waals surface area (Å²) in [4.78, 5) is 2.16. The molecule has 0 aliphatic carbocycles. The number of hydrogen-bond acceptors (Lipinski definition) is 3. The van der Waals surface area contributed by atoms with Gasteiger partial charge in [0.2, 0.25) is 0 Å². The molecule has 0 saturated carbocycles. The topological polar surface area (TPSA) is 29.3 Å². The predicted octanol–water partition coefficient (Wildman–Crippen LogP) is 3.91. The lowest BCUT2D eigenvalue weighted by atomic mass is 10.1. The molecule has 0 N–H and O–H groups in total. The van der Waals surface area contributed by atoms with Crippen LogP contribution in [0.25, 0.3) is 11.0 Å². The maximum atomic E-state index is 13.1. The van der Waals surface area contributed by atoms with Crippen LogP contribution in [0, 0.1) is 12.7 Å². The summed E-state index contributed by atoms with van der Waals surface area (Å²) >= 11 is 0. The number of halogens is 1. The third kappa shape index (κ3) is 3.11. The van der Waals surface area contributed by atoms with Gasteiger partial charge < -0.3 is 4.52 Å². The van der Waals surface area contributed by atoms with Crippen molar-refractivity contribution in [2.75, 3.05) is 7.05 Å². The Morgan fingerprint density at radius 2 is 1.86 bits per heavy atom. The second-order valence-corrected chi connectivity index (χ2v) is 5.43. The van der Waals surface area contributed by atoms with Crippen LogP contribution in [0.15, 0.2) is 47.0 Å². The highest BCUT2D eigenvalue weighted by Gasteiger charge is 2.11. The Bertz CT molecular complexity index is 749. The summed E-state index contributed by atoms with van der Waals surface area (Å²) in [5.41, 5.74) is 3.83. The molecule has 0 radical (unpaired) electrons. The van der Waals surface area contributed by atoms with Crippen LogP contribution < -0.4 is 0 Å². The molecule has 3 rings (SSSR count). The molecule has 0 fully saturated rings. The highest BCUT2D eigenvalue weighted by Crippen LogP contribution is 2.21. The number of aromatic nitrogens is 1. The molecule has 0 atom stereocenters. The van der Waals surface area contributed by atoms with Crippen molar-refractivity contribution in [1.82, 2.24) is 10.1 Å². The summed E-state index contributed by atoms with van der Waals surface area (Å²) in [6.45, 7) is 3.57. The molecule has 0 aliphatic rings. The number of hydrogen-bond donors (Lipinski definition) is 0. The number of fused-ring (bicyclic) bond motifs is 1. The number of rotatable bonds is 4. The molecule has 2 aromatic carbocycles. The molecule has 0 unspecified atom stereocenters. The van der Waals surface area contributed by atoms with Crippen molar-refractivity contribution in [3.05, 3.63) is 65.1 Å². The van der Waals surface area contributed by atoms with Gasteiger partial charge in [0.1, 0.15) is 11.5 Å². The van der Waals surface area contributed by atoms with E-state index >= 15 is 0 Å². The highest BCUT2D eigenvalue weighted by molar-refractivity contribution is 5.79. The van der Waals surface area contributed by atoms with Crippen molar-refractivity contribution in [2.45, 2.75) is 20.0 Å². The Balaban J connectivity index is 1.74. The molecule has 108 valence electrons. The van der Waals surface area contributed by atoms with Crippen molar-refractivity contribution in [1.29, 1.82) is 0 Å². The fraction of sp³-hybridized carbons (Fsp3) is 0.235. The van der Waals surface area contributed by atoms with Gasteiger partial charge >= 0.3 is 0 Å². The summed E-state index contributed by atoms with van der Waals surface area (Å²) in [6.07, 6.45) is 0. The van der Waals surface area contributed by atoms with Crippen LogP contribution in [0.3, 0.4) is 0 Å². The number of benzene rings is 2. The fourth-order valence-electron chi connectivity index (χ4n) is 2.39. The van der Waals surface area contributed by atoms with Crippen molar-refractivity contribution < 1.29 is 8.91 Å². The lowest BCUT2D eigenvalue weighted by Crippen LogP contribution is -2.17. The number of nitrogens with zero attached hydrogens (tertiary/aromatic N) is 2. The van der Waals surface area contributed by atoms with Gasteiger partial charge in [0.15, 0.2) is 5.58 Å². The van der Waals surface area contributed by atoms with Crippen LogP contribution in [0.5, 0.6) is 0 Å². The first-order valence-corrected chi connectivity index (χ1v) is 6.90. The summed E-state index contributed by atoms with van der Waals surface area (Å²) < 4.78 is 18.3. The molecule has 1 heterocycles. The predicted molar refractivity (Wildman–Crippen MR) is 80.3 cm³/mol. The average Bonchev–Trinajstić information content (AvgIpc) is 2.83. The zero-order valence-electron chi connectivity index (χ0n) is 12.1. The Morgan fingerprint density at radius 3 is 2.62 bits per heavy atom. The van der Waals surface area contributed by atoms with E-state index in [0.717, 1.165) is 17.6 Å². The van der Waals surface area contributed by atoms with Gasteiger partial charge in [-0.1, -0.05) is 35.0 Å². The van der Waals surface area contributed by atoms with E-state index in [4.69, 9.17) is 4.52 Å². The van der Waals surface area contributed by atoms with E-state index in [2.05, 4.69) is 41.2 Å². The monoisotopic (exact) mass is 284 g/mol. The molecule has 0 amide bonds. The molecule has 3 nitrogen and oxygen atoms in total. The third-order valence-electron chi connectivity index (χ3n) is 3.50. The minimum absolute atomic E-state index is 0.307. The van der Waals surface area contributed by atoms with Gasteiger partial charge in [-0.15, -0.1) is 0 Å². The summed E-state index contributed by atoms with van der Waals surface area (Å²) in [5, 5.41) is 4.92. The van der Waals surface area contributed by atoms with Gasteiger partial charge in [0.25, 0.3) is 0 Å². The van der Waals surface area contributed by atoms with Crippen molar-refractivity contribution >= 4 is 11.0 Å². The van der Waals surface area contributed by atoms with Crippen LogP contribution in [0.1, 0.15) is 16.8 Å². The van der Waals surface area contributed by atoms with Gasteiger partial charge in [-0.2, -0.15) is 0 Å². The molecule has 21 heavy (non-hydrogen) atoms. The van der Waals surface area contributed by atoms with Gasteiger partial charge in [-0.3, -0.25) is 4.90 Å². The second-order valence-electron chi connectivity index (χ2n) is 5.43. The first-order valence-electron chi connectivity index (χ1n) is 6.90. The Kier molecular flexibility index (Phi) is 3.71. The van der Waals surface area contributed by atoms with E-state index < -0.39 is 0 Å². The van der Waals surface area contributed by atoms with Crippen molar-refractivity contribution in [3.8, 4) is 0 Å². The lowest BCUT2D eigenvalue weighted by Gasteiger charge is -2.15. The third-order valence-corrected chi connectivity index (χ3v) is 3.50. The minimum Gasteiger partial charge on any atom is -0.356 e. The first kappa shape index (κ1) is 13.8. The first-order chi connectivity index (χ1) is 10.1. The van der Waals surface area contributed by atoms with Gasteiger partial charge in [-0.25, -0.2) is 4.39 Å². The van der Waals surface area contributed by atoms with Crippen LogP contribution in [-0.4, -0.2) is 17.1 Å². The molecule has 4 heteroatoms. The summed E-state index contributed by atoms with van der Waals surface area (Å²) in [7, 11) is 2.03. The maximum absolute atomic E-state index is 13.1. The summed E-state index contributed by atoms with van der Waals surface area (Å²) in [5.74, 6) is -0.307. The SMILES string of the molecule is Cc1ccc(CN(C)Cc2noc3cc(F)ccc23)cc1. The molecule has 0 aliphatic heterocycles. The largest absolute Gasteiger partial charge is 0.356 e. The second kappa shape index (κ2) is 5.66. The van der Waals surface area contributed by atoms with Gasteiger partial charge in [0.05, 0.1) is 0 Å². The Hall–Kier alpha value is -2.20. The van der Waals surface area contributed by atoms with E-state index in [1.165, 1.54) is 23.3 Å². The molecule has 0 bridgehead atoms. The lowest BCUT2D eigenvalue weighted by molar-refractivity contribution is 0.306. The Labute approximate surface area is 123 Å². The van der Waals surface area contributed by atoms with E-state index in [1.807, 2.05) is 7.05 Å². The summed E-state index contributed by atoms with van der Waals surface area (Å²) in [6, 6.07) is 13.0. The van der Waals surface area contributed by atoms with E-state index in [-0.39, 0.29) is 5.82 Å². The molecular weight excluding hydrogens is 267 g/mol. The smallest absolute Gasteiger partial charge is 0.170 e. The van der Waals surface area contributed by atoms with Crippen LogP contribution >= 0.6 is 0 Å². The average molecular weight is 284 g/mol. The molecule has 0 saturated heterocycles. The Morgan fingerprint density at radius 1 is 1.10 bits per heavy atom. The molecular formula is C17H17FN2O. The standard InChI is InChI=1S/C17H17FN2O/c1-12-3-5-13(6-4-12)10-20(2)11-16-15-8-7-14(18)9-17(15)21-19-16/h3-9H,10-11H2,1-2H3. The van der Waals surface area contributed by atoms with Crippen LogP contribution in [0.4, 0.5) is 4.39 Å². The van der Waals surface area contributed by atoms with Crippen LogP contribution in [-0.2, 0) is 13.1 Å². The van der Waals surface area contributed by atoms with Crippen LogP contribution in [0.2, 0.25) is 0 Å². The van der Waals surface area contributed by atoms with E-state index in [9.17, 15) is 4.39 Å². The van der Waals surface area contributed by atoms with Crippen molar-refractivity contribution in [2.24, 2.45) is 0 Å². The van der Waals surface area contributed by atoms with E-state index in [1.54, 1.807) is 6.07 Å². The van der Waals surface area contributed by atoms with Crippen molar-refractivity contribution in [3.63, 3.8) is 0 Å². The molecule has 3 aromatic rings. The normalized spacial score (nSPS) is 11.4. The quantitative estimate of drug-likeness (QED) is 0.727. The highest BCUT2D eigenvalue weighted by atomic mass is 19.1. The van der Waals surface area contributed by atoms with Gasteiger partial charge in [-0.05, 0) is 31.7 Å². The molecule has 1 aromatic heterocycles. The zero-order chi connectivity index (χ0) is 14.8. The van der Waals surface area contributed by atoms with E-state index in [0.29, 0.717) is 12.1 Å². The maximum Gasteiger partial charge on any atom is 0.170 e. The fourth-order valence-corrected chi connectivity index (χ4v) is 2.39. The van der Waals surface area contributed by atoms with Gasteiger partial charge in [0, 0.05) is 24.5 Å². The molecule has 0 spiro atoms. The number of aryl methyl sites for hydroxylation is 1. The minimum atomic E-state index is -0.307. The zero-order valence-corrected chi connectivity index (χ0v) is 12.1.